The Morgan fingerprint density at radius 2 is 2.16 bits per heavy atom. The van der Waals surface area contributed by atoms with Crippen LogP contribution in [0.25, 0.3) is 0 Å². The minimum absolute atomic E-state index is 0.448. The number of pyridine rings is 1. The van der Waals surface area contributed by atoms with E-state index in [1.807, 2.05) is 6.20 Å². The second-order valence-corrected chi connectivity index (χ2v) is 5.60. The van der Waals surface area contributed by atoms with E-state index in [1.165, 1.54) is 31.2 Å². The molecule has 1 fully saturated rings. The predicted molar refractivity (Wildman–Crippen MR) is 80.6 cm³/mol. The molecule has 0 aliphatic carbocycles. The van der Waals surface area contributed by atoms with Crippen molar-refractivity contribution in [1.29, 1.82) is 0 Å². The van der Waals surface area contributed by atoms with Gasteiger partial charge in [0.2, 0.25) is 0 Å². The van der Waals surface area contributed by atoms with Crippen molar-refractivity contribution >= 4 is 11.6 Å². The number of nitrogens with zero attached hydrogens (tertiary/aromatic N) is 2. The average Bonchev–Trinajstić information content (AvgIpc) is 2.46. The largest absolute Gasteiger partial charge is 0.314 e. The van der Waals surface area contributed by atoms with Crippen LogP contribution in [-0.2, 0) is 0 Å². The minimum atomic E-state index is 0.448. The van der Waals surface area contributed by atoms with Gasteiger partial charge >= 0.3 is 0 Å². The number of unbranched alkanes of at least 4 members (excludes halogenated alkanes) is 2. The quantitative estimate of drug-likeness (QED) is 0.811. The summed E-state index contributed by atoms with van der Waals surface area (Å²) in [4.78, 5) is 6.67. The third-order valence-electron chi connectivity index (χ3n) is 3.84. The Labute approximate surface area is 121 Å². The molecule has 1 aliphatic heterocycles. The van der Waals surface area contributed by atoms with Crippen molar-refractivity contribution in [1.82, 2.24) is 15.2 Å². The fourth-order valence-electron chi connectivity index (χ4n) is 2.77. The molecule has 1 aromatic rings. The lowest BCUT2D eigenvalue weighted by molar-refractivity contribution is 0.162. The Kier molecular flexibility index (Phi) is 6.08. The van der Waals surface area contributed by atoms with Gasteiger partial charge in [0.25, 0.3) is 0 Å². The normalized spacial score (nSPS) is 18.4. The fraction of sp³-hybridized carbons (Fsp3) is 0.667. The van der Waals surface area contributed by atoms with Crippen LogP contribution < -0.4 is 5.32 Å². The molecule has 1 atom stereocenters. The smallest absolute Gasteiger partial charge is 0.0637 e. The Morgan fingerprint density at radius 1 is 1.37 bits per heavy atom. The summed E-state index contributed by atoms with van der Waals surface area (Å²) in [5.74, 6) is 0. The number of piperazine rings is 1. The van der Waals surface area contributed by atoms with E-state index in [9.17, 15) is 0 Å². The third-order valence-corrected chi connectivity index (χ3v) is 4.15. The van der Waals surface area contributed by atoms with Crippen molar-refractivity contribution in [2.45, 2.75) is 38.6 Å². The molecule has 4 heteroatoms. The van der Waals surface area contributed by atoms with E-state index in [0.29, 0.717) is 6.04 Å². The summed E-state index contributed by atoms with van der Waals surface area (Å²) >= 11 is 6.35. The molecule has 19 heavy (non-hydrogen) atoms. The summed E-state index contributed by atoms with van der Waals surface area (Å²) in [6.45, 7) is 6.62. The standard InChI is InChI=1S/C15H24ClN3/c1-2-3-4-5-15(19-10-8-17-9-11-19)13-6-7-18-12-14(13)16/h6-7,12,15,17H,2-5,8-11H2,1H3/t15-/m1/s1. The lowest BCUT2D eigenvalue weighted by atomic mass is 9.99. The maximum Gasteiger partial charge on any atom is 0.0637 e. The maximum atomic E-state index is 6.35. The summed E-state index contributed by atoms with van der Waals surface area (Å²) in [5, 5.41) is 4.22. The second kappa shape index (κ2) is 7.83. The molecule has 0 radical (unpaired) electrons. The Morgan fingerprint density at radius 3 is 2.84 bits per heavy atom. The van der Waals surface area contributed by atoms with Crippen LogP contribution in [0.2, 0.25) is 5.02 Å². The molecule has 0 unspecified atom stereocenters. The molecule has 0 amide bonds. The summed E-state index contributed by atoms with van der Waals surface area (Å²) in [5.41, 5.74) is 1.25. The van der Waals surface area contributed by atoms with E-state index in [-0.39, 0.29) is 0 Å². The highest BCUT2D eigenvalue weighted by molar-refractivity contribution is 6.31. The Balaban J connectivity index is 2.10. The first-order valence-corrected chi connectivity index (χ1v) is 7.75. The number of halogens is 1. The number of nitrogens with one attached hydrogen (secondary N) is 1. The van der Waals surface area contributed by atoms with Crippen LogP contribution in [0.5, 0.6) is 0 Å². The van der Waals surface area contributed by atoms with Gasteiger partial charge in [-0.15, -0.1) is 0 Å². The van der Waals surface area contributed by atoms with E-state index in [0.717, 1.165) is 31.2 Å². The lowest BCUT2D eigenvalue weighted by Crippen LogP contribution is -2.45. The Hall–Kier alpha value is -0.640. The van der Waals surface area contributed by atoms with Gasteiger partial charge in [0.15, 0.2) is 0 Å². The van der Waals surface area contributed by atoms with Crippen molar-refractivity contribution in [2.24, 2.45) is 0 Å². The zero-order valence-corrected chi connectivity index (χ0v) is 12.5. The SMILES string of the molecule is CCCCC[C@H](c1ccncc1Cl)N1CCNCC1. The van der Waals surface area contributed by atoms with Crippen molar-refractivity contribution in [2.75, 3.05) is 26.2 Å². The van der Waals surface area contributed by atoms with Gasteiger partial charge in [0.1, 0.15) is 0 Å². The summed E-state index contributed by atoms with van der Waals surface area (Å²) in [6, 6.07) is 2.53. The highest BCUT2D eigenvalue weighted by Crippen LogP contribution is 2.31. The molecule has 106 valence electrons. The molecule has 0 aromatic carbocycles. The Bertz CT molecular complexity index is 377. The molecular formula is C15H24ClN3. The monoisotopic (exact) mass is 281 g/mol. The second-order valence-electron chi connectivity index (χ2n) is 5.19. The van der Waals surface area contributed by atoms with E-state index < -0.39 is 0 Å². The van der Waals surface area contributed by atoms with Crippen LogP contribution in [0.15, 0.2) is 18.5 Å². The highest BCUT2D eigenvalue weighted by Gasteiger charge is 2.23. The van der Waals surface area contributed by atoms with Gasteiger partial charge in [0, 0.05) is 44.6 Å². The maximum absolute atomic E-state index is 6.35. The fourth-order valence-corrected chi connectivity index (χ4v) is 3.02. The van der Waals surface area contributed by atoms with Crippen LogP contribution in [0.1, 0.15) is 44.2 Å². The molecular weight excluding hydrogens is 258 g/mol. The molecule has 1 N–H and O–H groups in total. The van der Waals surface area contributed by atoms with Crippen LogP contribution in [0, 0.1) is 0 Å². The van der Waals surface area contributed by atoms with E-state index in [2.05, 4.69) is 28.2 Å². The highest BCUT2D eigenvalue weighted by atomic mass is 35.5. The molecule has 0 bridgehead atoms. The molecule has 0 saturated carbocycles. The lowest BCUT2D eigenvalue weighted by Gasteiger charge is -2.35. The van der Waals surface area contributed by atoms with Gasteiger partial charge in [-0.1, -0.05) is 37.8 Å². The molecule has 1 saturated heterocycles. The van der Waals surface area contributed by atoms with Gasteiger partial charge in [-0.3, -0.25) is 9.88 Å². The number of hydrogen-bond acceptors (Lipinski definition) is 3. The van der Waals surface area contributed by atoms with Crippen LogP contribution >= 0.6 is 11.6 Å². The third kappa shape index (κ3) is 4.16. The summed E-state index contributed by atoms with van der Waals surface area (Å²) in [7, 11) is 0. The van der Waals surface area contributed by atoms with Gasteiger partial charge in [-0.05, 0) is 18.1 Å². The van der Waals surface area contributed by atoms with Crippen LogP contribution in [0.3, 0.4) is 0 Å². The predicted octanol–water partition coefficient (Wildman–Crippen LogP) is 3.26. The number of hydrogen-bond donors (Lipinski definition) is 1. The first-order valence-electron chi connectivity index (χ1n) is 7.37. The minimum Gasteiger partial charge on any atom is -0.314 e. The van der Waals surface area contributed by atoms with Crippen molar-refractivity contribution in [3.63, 3.8) is 0 Å². The van der Waals surface area contributed by atoms with Crippen molar-refractivity contribution < 1.29 is 0 Å². The number of rotatable bonds is 6. The summed E-state index contributed by atoms with van der Waals surface area (Å²) in [6.07, 6.45) is 8.65. The molecule has 2 heterocycles. The van der Waals surface area contributed by atoms with Gasteiger partial charge < -0.3 is 5.32 Å². The molecule has 2 rings (SSSR count). The van der Waals surface area contributed by atoms with Gasteiger partial charge in [-0.25, -0.2) is 0 Å². The average molecular weight is 282 g/mol. The van der Waals surface area contributed by atoms with Crippen molar-refractivity contribution in [3.05, 3.63) is 29.0 Å². The van der Waals surface area contributed by atoms with Crippen LogP contribution in [0.4, 0.5) is 0 Å². The zero-order chi connectivity index (χ0) is 13.5. The van der Waals surface area contributed by atoms with E-state index in [4.69, 9.17) is 11.6 Å². The van der Waals surface area contributed by atoms with E-state index >= 15 is 0 Å². The first-order chi connectivity index (χ1) is 9.33. The topological polar surface area (TPSA) is 28.2 Å². The van der Waals surface area contributed by atoms with E-state index in [1.54, 1.807) is 6.20 Å². The zero-order valence-electron chi connectivity index (χ0n) is 11.7. The first kappa shape index (κ1) is 14.8. The van der Waals surface area contributed by atoms with Gasteiger partial charge in [0.05, 0.1) is 5.02 Å². The van der Waals surface area contributed by atoms with Gasteiger partial charge in [-0.2, -0.15) is 0 Å². The molecule has 0 spiro atoms. The molecule has 1 aromatic heterocycles. The summed E-state index contributed by atoms with van der Waals surface area (Å²) < 4.78 is 0. The number of aromatic nitrogens is 1. The molecule has 3 nitrogen and oxygen atoms in total. The van der Waals surface area contributed by atoms with Crippen LogP contribution in [-0.4, -0.2) is 36.1 Å². The van der Waals surface area contributed by atoms with Crippen molar-refractivity contribution in [3.8, 4) is 0 Å². The molecule has 1 aliphatic rings.